The summed E-state index contributed by atoms with van der Waals surface area (Å²) < 4.78 is 6.99. The van der Waals surface area contributed by atoms with Gasteiger partial charge < -0.3 is 0 Å². The third-order valence-corrected chi connectivity index (χ3v) is 7.49. The van der Waals surface area contributed by atoms with Crippen molar-refractivity contribution in [2.75, 3.05) is 42.3 Å². The molecule has 3 nitrogen and oxygen atoms in total. The molecule has 0 heterocycles. The van der Waals surface area contributed by atoms with Crippen molar-refractivity contribution in [1.82, 2.24) is 14.0 Å². The molecule has 114 valence electrons. The van der Waals surface area contributed by atoms with E-state index >= 15 is 0 Å². The van der Waals surface area contributed by atoms with Crippen LogP contribution in [0.15, 0.2) is 30.8 Å². The highest BCUT2D eigenvalue weighted by Gasteiger charge is 2.49. The lowest BCUT2D eigenvalue weighted by atomic mass is 10.2. The first-order valence-electron chi connectivity index (χ1n) is 7.03. The molecule has 0 atom stereocenters. The van der Waals surface area contributed by atoms with Gasteiger partial charge in [0.25, 0.3) is 7.71 Å². The van der Waals surface area contributed by atoms with Crippen molar-refractivity contribution >= 4 is 19.1 Å². The van der Waals surface area contributed by atoms with Crippen molar-refractivity contribution < 1.29 is 0 Å². The summed E-state index contributed by atoms with van der Waals surface area (Å²) in [5.74, 6) is 0. The summed E-state index contributed by atoms with van der Waals surface area (Å²) in [7, 11) is 11.3. The number of hydrogen-bond acceptors (Lipinski definition) is 3. The number of rotatable bonds is 5. The van der Waals surface area contributed by atoms with Crippen LogP contribution in [0.5, 0.6) is 0 Å². The molecular formula is C16H31N3P+. The zero-order chi connectivity index (χ0) is 15.9. The van der Waals surface area contributed by atoms with E-state index in [4.69, 9.17) is 0 Å². The topological polar surface area (TPSA) is 9.72 Å². The van der Waals surface area contributed by atoms with Gasteiger partial charge in [0.05, 0.1) is 0 Å². The minimum atomic E-state index is -1.63. The first-order valence-corrected chi connectivity index (χ1v) is 8.67. The fourth-order valence-corrected chi connectivity index (χ4v) is 6.66. The lowest BCUT2D eigenvalue weighted by Gasteiger charge is -2.39. The molecule has 4 heteroatoms. The van der Waals surface area contributed by atoms with E-state index in [-0.39, 0.29) is 0 Å². The predicted molar refractivity (Wildman–Crippen MR) is 95.5 cm³/mol. The maximum atomic E-state index is 3.81. The molecule has 0 amide bonds. The second-order valence-electron chi connectivity index (χ2n) is 4.91. The van der Waals surface area contributed by atoms with E-state index < -0.39 is 7.71 Å². The number of hydrogen-bond donors (Lipinski definition) is 0. The normalized spacial score (nSPS) is 11.6. The highest BCUT2D eigenvalue weighted by atomic mass is 31.2. The lowest BCUT2D eigenvalue weighted by Crippen LogP contribution is -2.42. The van der Waals surface area contributed by atoms with Crippen LogP contribution in [-0.2, 0) is 0 Å². The third-order valence-electron chi connectivity index (χ3n) is 3.15. The first kappa shape index (κ1) is 19.3. The van der Waals surface area contributed by atoms with Crippen molar-refractivity contribution in [2.45, 2.75) is 13.8 Å². The smallest absolute Gasteiger partial charge is 0.150 e. The Labute approximate surface area is 126 Å². The average Bonchev–Trinajstić information content (AvgIpc) is 2.41. The SMILES string of the molecule is C=Cc1ccc([P+](N(C)C)(N(C)C)N(C)C)cc1.CC. The zero-order valence-corrected chi connectivity index (χ0v) is 15.3. The van der Waals surface area contributed by atoms with Crippen LogP contribution >= 0.6 is 7.71 Å². The number of benzene rings is 1. The zero-order valence-electron chi connectivity index (χ0n) is 14.4. The predicted octanol–water partition coefficient (Wildman–Crippen LogP) is 3.43. The Bertz CT molecular complexity index is 375. The van der Waals surface area contributed by atoms with E-state index in [2.05, 4.69) is 87.1 Å². The molecule has 0 spiro atoms. The molecule has 0 N–H and O–H groups in total. The van der Waals surface area contributed by atoms with Gasteiger partial charge in [-0.3, -0.25) is 0 Å². The van der Waals surface area contributed by atoms with Crippen LogP contribution in [0.25, 0.3) is 6.08 Å². The van der Waals surface area contributed by atoms with Gasteiger partial charge in [-0.15, -0.1) is 0 Å². The Morgan fingerprint density at radius 2 is 1.15 bits per heavy atom. The van der Waals surface area contributed by atoms with E-state index in [0.29, 0.717) is 0 Å². The summed E-state index contributed by atoms with van der Waals surface area (Å²) >= 11 is 0. The van der Waals surface area contributed by atoms with Crippen molar-refractivity contribution in [3.8, 4) is 0 Å². The molecule has 0 bridgehead atoms. The summed E-state index contributed by atoms with van der Waals surface area (Å²) in [6, 6.07) is 8.69. The highest BCUT2D eigenvalue weighted by Crippen LogP contribution is 2.62. The third kappa shape index (κ3) is 3.67. The summed E-state index contributed by atoms with van der Waals surface area (Å²) in [4.78, 5) is 0. The second kappa shape index (κ2) is 8.53. The standard InChI is InChI=1S/C14H25N3P.C2H6/c1-8-13-9-11-14(12-10-13)18(15(2)3,16(4)5)17(6)7;1-2/h8-12H,1H2,2-7H3;1-2H3/q+1;. The van der Waals surface area contributed by atoms with Crippen molar-refractivity contribution in [3.63, 3.8) is 0 Å². The molecule has 1 aromatic carbocycles. The van der Waals surface area contributed by atoms with Crippen LogP contribution in [0.3, 0.4) is 0 Å². The van der Waals surface area contributed by atoms with E-state index in [0.717, 1.165) is 5.56 Å². The van der Waals surface area contributed by atoms with Crippen molar-refractivity contribution in [3.05, 3.63) is 36.4 Å². The maximum absolute atomic E-state index is 3.81. The van der Waals surface area contributed by atoms with Gasteiger partial charge in [-0.25, -0.2) is 0 Å². The van der Waals surface area contributed by atoms with Gasteiger partial charge in [0.1, 0.15) is 5.30 Å². The van der Waals surface area contributed by atoms with Crippen LogP contribution in [0, 0.1) is 0 Å². The maximum Gasteiger partial charge on any atom is 0.260 e. The van der Waals surface area contributed by atoms with Gasteiger partial charge in [-0.2, -0.15) is 14.0 Å². The van der Waals surface area contributed by atoms with Gasteiger partial charge in [0, 0.05) is 42.3 Å². The summed E-state index contributed by atoms with van der Waals surface area (Å²) in [6.07, 6.45) is 1.88. The fraction of sp³-hybridized carbons (Fsp3) is 0.500. The quantitative estimate of drug-likeness (QED) is 0.771. The molecule has 0 aliphatic carbocycles. The van der Waals surface area contributed by atoms with Crippen LogP contribution in [0.1, 0.15) is 19.4 Å². The minimum absolute atomic E-state index is 1.16. The minimum Gasteiger partial charge on any atom is -0.150 e. The molecule has 0 radical (unpaired) electrons. The molecule has 0 unspecified atom stereocenters. The first-order chi connectivity index (χ1) is 9.37. The van der Waals surface area contributed by atoms with Gasteiger partial charge in [0.15, 0.2) is 0 Å². The molecule has 20 heavy (non-hydrogen) atoms. The molecule has 1 aromatic rings. The van der Waals surface area contributed by atoms with Gasteiger partial charge in [0.2, 0.25) is 0 Å². The van der Waals surface area contributed by atoms with Crippen LogP contribution in [-0.4, -0.2) is 56.3 Å². The van der Waals surface area contributed by atoms with E-state index in [1.807, 2.05) is 19.9 Å². The average molecular weight is 296 g/mol. The van der Waals surface area contributed by atoms with Gasteiger partial charge in [-0.05, 0) is 17.7 Å². The van der Waals surface area contributed by atoms with Crippen LogP contribution in [0.2, 0.25) is 0 Å². The van der Waals surface area contributed by atoms with Crippen molar-refractivity contribution in [2.24, 2.45) is 0 Å². The Hall–Kier alpha value is -0.730. The molecular weight excluding hydrogens is 265 g/mol. The Morgan fingerprint density at radius 3 is 1.40 bits per heavy atom. The molecule has 0 saturated heterocycles. The van der Waals surface area contributed by atoms with Crippen molar-refractivity contribution in [1.29, 1.82) is 0 Å². The Morgan fingerprint density at radius 1 is 0.800 bits per heavy atom. The van der Waals surface area contributed by atoms with Gasteiger partial charge >= 0.3 is 0 Å². The Balaban J connectivity index is 0.00000172. The monoisotopic (exact) mass is 296 g/mol. The molecule has 0 aromatic heterocycles. The lowest BCUT2D eigenvalue weighted by molar-refractivity contribution is 0.473. The van der Waals surface area contributed by atoms with Gasteiger partial charge in [-0.1, -0.05) is 38.6 Å². The summed E-state index contributed by atoms with van der Waals surface area (Å²) in [5, 5.41) is 1.35. The Kier molecular flexibility index (Phi) is 8.22. The summed E-state index contributed by atoms with van der Waals surface area (Å²) in [5.41, 5.74) is 1.16. The second-order valence-corrected chi connectivity index (χ2v) is 8.96. The fourth-order valence-electron chi connectivity index (χ4n) is 2.58. The highest BCUT2D eigenvalue weighted by molar-refractivity contribution is 7.76. The van der Waals surface area contributed by atoms with E-state index in [1.165, 1.54) is 5.30 Å². The van der Waals surface area contributed by atoms with E-state index in [1.54, 1.807) is 0 Å². The molecule has 0 aliphatic rings. The number of nitrogens with zero attached hydrogens (tertiary/aromatic N) is 3. The van der Waals surface area contributed by atoms with Crippen LogP contribution < -0.4 is 5.30 Å². The van der Waals surface area contributed by atoms with E-state index in [9.17, 15) is 0 Å². The summed E-state index contributed by atoms with van der Waals surface area (Å²) in [6.45, 7) is 7.81. The van der Waals surface area contributed by atoms with Crippen LogP contribution in [0.4, 0.5) is 0 Å². The molecule has 0 fully saturated rings. The molecule has 0 aliphatic heterocycles. The molecule has 1 rings (SSSR count). The molecule has 0 saturated carbocycles. The largest absolute Gasteiger partial charge is 0.260 e.